The Balaban J connectivity index is 0.00000400. The van der Waals surface area contributed by atoms with E-state index in [9.17, 15) is 38.9 Å². The van der Waals surface area contributed by atoms with Gasteiger partial charge in [-0.15, -0.1) is 0 Å². The smallest absolute Gasteiger partial charge is 0.748 e. The van der Waals surface area contributed by atoms with Crippen LogP contribution in [-0.4, -0.2) is 121 Å². The predicted molar refractivity (Wildman–Crippen MR) is 190 cm³/mol. The number of rotatable bonds is 3. The van der Waals surface area contributed by atoms with Crippen molar-refractivity contribution in [3.05, 3.63) is 0 Å². The molecule has 0 aromatic heterocycles. The van der Waals surface area contributed by atoms with E-state index < -0.39 is 76.7 Å². The summed E-state index contributed by atoms with van der Waals surface area (Å²) in [5.41, 5.74) is 0. The van der Waals surface area contributed by atoms with Crippen molar-refractivity contribution in [3.63, 3.8) is 0 Å². The summed E-state index contributed by atoms with van der Waals surface area (Å²) in [6.45, 7) is 0. The molecule has 19 unspecified atom stereocenters. The molecule has 17 nitrogen and oxygen atoms in total. The van der Waals surface area contributed by atoms with Crippen molar-refractivity contribution in [3.8, 4) is 0 Å². The molecule has 0 spiro atoms. The molecule has 0 amide bonds. The molecule has 0 aromatic carbocycles. The summed E-state index contributed by atoms with van der Waals surface area (Å²) in [5.74, 6) is -0.502. The van der Waals surface area contributed by atoms with Crippen molar-refractivity contribution in [2.24, 2.45) is 47.3 Å². The van der Waals surface area contributed by atoms with E-state index in [2.05, 4.69) is 42.5 Å². The largest absolute Gasteiger partial charge is 3.00 e. The van der Waals surface area contributed by atoms with Crippen LogP contribution in [0.2, 0.25) is 0 Å². The van der Waals surface area contributed by atoms with Gasteiger partial charge >= 0.3 is 17.4 Å². The first-order chi connectivity index (χ1) is 24.7. The summed E-state index contributed by atoms with van der Waals surface area (Å²) in [4.78, 5) is 0. The standard InChI is InChI=1S/C32H56N8O9S3.Al/c41-50(42,43)21-13-20-22(24(52(47,48)49)23(21)51(44,45)46)32-39-30-19-12-6-5-11-18(19)28(37-30)35-26-15-8-2-1-7-14(15)25(33-26)34-27-16-9-3-4-10-17(16)29(36-27)38-31(20)40-32;/h14-40H,1-13H2,(H,41,42,43)(H,44,45,46)(H,47,48,49);/q;+3/p-3. The van der Waals surface area contributed by atoms with Crippen LogP contribution in [0.3, 0.4) is 0 Å². The van der Waals surface area contributed by atoms with Crippen LogP contribution >= 0.6 is 0 Å². The minimum atomic E-state index is -5.73. The Morgan fingerprint density at radius 1 is 0.358 bits per heavy atom. The van der Waals surface area contributed by atoms with E-state index in [4.69, 9.17) is 0 Å². The molecule has 21 heteroatoms. The summed E-state index contributed by atoms with van der Waals surface area (Å²) in [6.07, 6.45) is 9.76. The van der Waals surface area contributed by atoms with Crippen molar-refractivity contribution in [1.82, 2.24) is 42.5 Å². The number of hydrogen-bond acceptors (Lipinski definition) is 17. The topological polar surface area (TPSA) is 268 Å². The van der Waals surface area contributed by atoms with Crippen LogP contribution in [-0.2, 0) is 30.4 Å². The maximum atomic E-state index is 13.1. The van der Waals surface area contributed by atoms with Gasteiger partial charge in [0.1, 0.15) is 10.1 Å². The van der Waals surface area contributed by atoms with Gasteiger partial charge in [0.25, 0.3) is 0 Å². The van der Waals surface area contributed by atoms with Crippen LogP contribution < -0.4 is 42.5 Å². The molecule has 9 rings (SSSR count). The first kappa shape index (κ1) is 39.8. The molecule has 4 saturated carbocycles. The predicted octanol–water partition coefficient (Wildman–Crippen LogP) is -2.20. The average Bonchev–Trinajstić information content (AvgIpc) is 3.82. The zero-order valence-corrected chi connectivity index (χ0v) is 33.2. The van der Waals surface area contributed by atoms with Crippen molar-refractivity contribution in [1.29, 1.82) is 0 Å². The molecular formula is C32H53AlN8O9S3. The maximum absolute atomic E-state index is 13.1. The van der Waals surface area contributed by atoms with E-state index in [0.717, 1.165) is 64.2 Å². The molecule has 53 heavy (non-hydrogen) atoms. The van der Waals surface area contributed by atoms with Gasteiger partial charge in [0.15, 0.2) is 0 Å². The second kappa shape index (κ2) is 14.6. The molecular weight excluding hydrogens is 764 g/mol. The normalized spacial score (nSPS) is 51.3. The van der Waals surface area contributed by atoms with E-state index in [1.807, 2.05) is 0 Å². The molecule has 8 bridgehead atoms. The second-order valence-electron chi connectivity index (χ2n) is 17.4. The SMILES string of the molecule is O=S(=O)([O-])C1CC2C3NC4NC(NC5NC(NC6NC(NC(N3)C2C(S(=O)(=O)[O-])C1S(=O)(=O)[O-])C1CCCCC61)C1CCCCC51)C1CCCCC41.[Al+3]. The van der Waals surface area contributed by atoms with E-state index in [1.165, 1.54) is 12.8 Å². The van der Waals surface area contributed by atoms with Crippen molar-refractivity contribution >= 4 is 47.7 Å². The summed E-state index contributed by atoms with van der Waals surface area (Å²) in [5, 5.41) is 22.6. The van der Waals surface area contributed by atoms with Crippen molar-refractivity contribution in [2.75, 3.05) is 0 Å². The molecule has 5 aliphatic heterocycles. The molecule has 9 fully saturated rings. The van der Waals surface area contributed by atoms with Crippen LogP contribution in [0.5, 0.6) is 0 Å². The molecule has 9 aliphatic rings. The van der Waals surface area contributed by atoms with E-state index >= 15 is 0 Å². The molecule has 4 aliphatic carbocycles. The van der Waals surface area contributed by atoms with Crippen LogP contribution in [0, 0.1) is 47.3 Å². The Kier molecular flexibility index (Phi) is 11.0. The van der Waals surface area contributed by atoms with Gasteiger partial charge in [-0.3, -0.25) is 42.5 Å². The second-order valence-corrected chi connectivity index (χ2v) is 22.1. The summed E-state index contributed by atoms with van der Waals surface area (Å²) in [6, 6.07) is 0. The zero-order chi connectivity index (χ0) is 36.3. The molecule has 8 N–H and O–H groups in total. The first-order valence-electron chi connectivity index (χ1n) is 19.6. The summed E-state index contributed by atoms with van der Waals surface area (Å²) >= 11 is 0. The van der Waals surface area contributed by atoms with Crippen LogP contribution in [0.25, 0.3) is 0 Å². The quantitative estimate of drug-likeness (QED) is 0.111. The van der Waals surface area contributed by atoms with Crippen LogP contribution in [0.1, 0.15) is 83.5 Å². The van der Waals surface area contributed by atoms with Gasteiger partial charge in [0.05, 0.1) is 85.3 Å². The Hall–Kier alpha value is -0.0575. The maximum Gasteiger partial charge on any atom is 3.00 e. The minimum Gasteiger partial charge on any atom is -0.748 e. The number of nitrogens with one attached hydrogen (secondary N) is 8. The molecule has 0 radical (unpaired) electrons. The third-order valence-electron chi connectivity index (χ3n) is 15.0. The van der Waals surface area contributed by atoms with Crippen molar-refractivity contribution < 1.29 is 38.9 Å². The van der Waals surface area contributed by atoms with Crippen LogP contribution in [0.15, 0.2) is 0 Å². The van der Waals surface area contributed by atoms with Gasteiger partial charge in [0.2, 0.25) is 0 Å². The molecule has 0 aromatic rings. The Morgan fingerprint density at radius 3 is 0.887 bits per heavy atom. The van der Waals surface area contributed by atoms with Gasteiger partial charge in [-0.05, 0) is 86.4 Å². The van der Waals surface area contributed by atoms with E-state index in [-0.39, 0.29) is 78.0 Å². The monoisotopic (exact) mass is 816 g/mol. The molecule has 5 saturated heterocycles. The molecule has 19 atom stereocenters. The van der Waals surface area contributed by atoms with Gasteiger partial charge < -0.3 is 13.7 Å². The Morgan fingerprint density at radius 2 is 0.623 bits per heavy atom. The fourth-order valence-corrected chi connectivity index (χ4v) is 17.9. The Bertz CT molecular complexity index is 1720. The van der Waals surface area contributed by atoms with E-state index in [0.29, 0.717) is 11.8 Å². The first-order valence-corrected chi connectivity index (χ1v) is 24.0. The number of hydrogen-bond donors (Lipinski definition) is 8. The molecule has 5 heterocycles. The third-order valence-corrected chi connectivity index (χ3v) is 19.1. The van der Waals surface area contributed by atoms with Gasteiger partial charge in [-0.2, -0.15) is 0 Å². The van der Waals surface area contributed by atoms with Gasteiger partial charge in [0, 0.05) is 5.92 Å². The summed E-state index contributed by atoms with van der Waals surface area (Å²) in [7, 11) is -16.9. The van der Waals surface area contributed by atoms with E-state index in [1.54, 1.807) is 0 Å². The average molecular weight is 817 g/mol. The zero-order valence-electron chi connectivity index (χ0n) is 29.6. The third kappa shape index (κ3) is 7.11. The fraction of sp³-hybridized carbons (Fsp3) is 1.00. The Labute approximate surface area is 323 Å². The number of fused-ring (bicyclic) bond motifs is 20. The fourth-order valence-electron chi connectivity index (χ4n) is 13.0. The minimum absolute atomic E-state index is 0. The molecule has 296 valence electrons. The summed E-state index contributed by atoms with van der Waals surface area (Å²) < 4.78 is 116. The van der Waals surface area contributed by atoms with Gasteiger partial charge in [-0.1, -0.05) is 38.5 Å². The van der Waals surface area contributed by atoms with Crippen molar-refractivity contribution in [2.45, 2.75) is 149 Å². The van der Waals surface area contributed by atoms with Gasteiger partial charge in [-0.25, -0.2) is 25.3 Å². The van der Waals surface area contributed by atoms with Crippen LogP contribution in [0.4, 0.5) is 0 Å².